The van der Waals surface area contributed by atoms with Crippen molar-refractivity contribution in [2.45, 2.75) is 20.3 Å². The number of amides is 1. The third-order valence-corrected chi connectivity index (χ3v) is 2.97. The maximum Gasteiger partial charge on any atom is 0.410 e. The van der Waals surface area contributed by atoms with E-state index in [1.54, 1.807) is 0 Å². The predicted molar refractivity (Wildman–Crippen MR) is 84.3 cm³/mol. The molecule has 0 fully saturated rings. The lowest BCUT2D eigenvalue weighted by molar-refractivity contribution is 0.200. The molecule has 0 aromatic heterocycles. The van der Waals surface area contributed by atoms with Crippen molar-refractivity contribution in [3.63, 3.8) is 0 Å². The lowest BCUT2D eigenvalue weighted by Gasteiger charge is -2.23. The van der Waals surface area contributed by atoms with Gasteiger partial charge in [-0.3, -0.25) is 5.32 Å². The molecule has 0 atom stereocenters. The first-order chi connectivity index (χ1) is 9.56. The third kappa shape index (κ3) is 5.36. The van der Waals surface area contributed by atoms with Crippen LogP contribution in [0, 0.1) is 0 Å². The Hall–Kier alpha value is -1.95. The molecular formula is C14H19N3O2S. The van der Waals surface area contributed by atoms with Crippen molar-refractivity contribution < 1.29 is 9.90 Å². The number of carbonyl (C=O) groups is 1. The molecule has 1 aromatic rings. The number of nitrogens with zero attached hydrogens (tertiary/aromatic N) is 2. The second-order valence-electron chi connectivity index (χ2n) is 4.10. The zero-order valence-corrected chi connectivity index (χ0v) is 12.5. The highest BCUT2D eigenvalue weighted by Gasteiger charge is 2.10. The second-order valence-corrected chi connectivity index (χ2v) is 4.48. The highest BCUT2D eigenvalue weighted by atomic mass is 32.1. The van der Waals surface area contributed by atoms with E-state index in [4.69, 9.17) is 17.3 Å². The predicted octanol–water partition coefficient (Wildman–Crippen LogP) is 2.52. The number of carboxylic acid groups (broad SMARTS) is 1. The van der Waals surface area contributed by atoms with Gasteiger partial charge in [-0.15, -0.1) is 0 Å². The van der Waals surface area contributed by atoms with Crippen LogP contribution in [0.3, 0.4) is 0 Å². The summed E-state index contributed by atoms with van der Waals surface area (Å²) in [7, 11) is 0. The van der Waals surface area contributed by atoms with Crippen LogP contribution >= 0.6 is 12.2 Å². The van der Waals surface area contributed by atoms with Gasteiger partial charge in [0.2, 0.25) is 5.11 Å². The highest BCUT2D eigenvalue weighted by Crippen LogP contribution is 2.05. The van der Waals surface area contributed by atoms with E-state index in [1.807, 2.05) is 44.2 Å². The van der Waals surface area contributed by atoms with Crippen LogP contribution in [0.5, 0.6) is 0 Å². The van der Waals surface area contributed by atoms with E-state index >= 15 is 0 Å². The molecule has 0 aliphatic rings. The van der Waals surface area contributed by atoms with Crippen molar-refractivity contribution in [2.75, 3.05) is 13.1 Å². The SMILES string of the molecule is CCN(CC)/C(Cc1ccccc1)=N/C(=S)NC(=O)O. The topological polar surface area (TPSA) is 64.9 Å². The van der Waals surface area contributed by atoms with Gasteiger partial charge >= 0.3 is 6.09 Å². The molecule has 0 aliphatic heterocycles. The summed E-state index contributed by atoms with van der Waals surface area (Å²) in [4.78, 5) is 16.9. The van der Waals surface area contributed by atoms with Crippen molar-refractivity contribution in [2.24, 2.45) is 4.99 Å². The fraction of sp³-hybridized carbons (Fsp3) is 0.357. The van der Waals surface area contributed by atoms with E-state index in [2.05, 4.69) is 15.2 Å². The summed E-state index contributed by atoms with van der Waals surface area (Å²) >= 11 is 4.93. The lowest BCUT2D eigenvalue weighted by Crippen LogP contribution is -2.35. The molecule has 1 amide bonds. The molecule has 6 heteroatoms. The fourth-order valence-corrected chi connectivity index (χ4v) is 2.02. The van der Waals surface area contributed by atoms with E-state index in [0.29, 0.717) is 6.42 Å². The van der Waals surface area contributed by atoms with Crippen LogP contribution in [0.1, 0.15) is 19.4 Å². The Labute approximate surface area is 124 Å². The van der Waals surface area contributed by atoms with Crippen LogP contribution in [-0.2, 0) is 6.42 Å². The molecule has 0 radical (unpaired) electrons. The smallest absolute Gasteiger partial charge is 0.410 e. The zero-order valence-electron chi connectivity index (χ0n) is 11.7. The Bertz CT molecular complexity index is 484. The minimum atomic E-state index is -1.20. The standard InChI is InChI=1S/C14H19N3O2S/c1-3-17(4-2)12(15-13(20)16-14(18)19)10-11-8-6-5-7-9-11/h5-9H,3-4,10H2,1-2H3,(H,16,20)(H,18,19)/b15-12+. The molecule has 20 heavy (non-hydrogen) atoms. The molecule has 0 bridgehead atoms. The van der Waals surface area contributed by atoms with Crippen molar-refractivity contribution in [3.05, 3.63) is 35.9 Å². The number of amidine groups is 1. The molecular weight excluding hydrogens is 274 g/mol. The Morgan fingerprint density at radius 2 is 1.90 bits per heavy atom. The van der Waals surface area contributed by atoms with Gasteiger partial charge in [0, 0.05) is 19.5 Å². The maximum absolute atomic E-state index is 10.6. The number of rotatable bonds is 4. The molecule has 0 saturated heterocycles. The molecule has 0 unspecified atom stereocenters. The van der Waals surface area contributed by atoms with E-state index in [9.17, 15) is 4.79 Å². The largest absolute Gasteiger partial charge is 0.465 e. The van der Waals surface area contributed by atoms with Crippen LogP contribution in [0.4, 0.5) is 4.79 Å². The normalized spacial score (nSPS) is 11.0. The van der Waals surface area contributed by atoms with Gasteiger partial charge in [0.05, 0.1) is 0 Å². The summed E-state index contributed by atoms with van der Waals surface area (Å²) in [6.07, 6.45) is -0.582. The van der Waals surface area contributed by atoms with Crippen LogP contribution in [-0.4, -0.2) is 40.1 Å². The molecule has 1 rings (SSSR count). The Morgan fingerprint density at radius 1 is 1.30 bits per heavy atom. The van der Waals surface area contributed by atoms with Crippen LogP contribution in [0.25, 0.3) is 0 Å². The lowest BCUT2D eigenvalue weighted by atomic mass is 10.1. The summed E-state index contributed by atoms with van der Waals surface area (Å²) in [6, 6.07) is 9.89. The number of aliphatic imine (C=N–C) groups is 1. The van der Waals surface area contributed by atoms with Gasteiger partial charge in [0.1, 0.15) is 5.84 Å². The minimum Gasteiger partial charge on any atom is -0.465 e. The van der Waals surface area contributed by atoms with Gasteiger partial charge in [-0.25, -0.2) is 9.79 Å². The maximum atomic E-state index is 10.6. The summed E-state index contributed by atoms with van der Waals surface area (Å²) in [5.74, 6) is 0.764. The summed E-state index contributed by atoms with van der Waals surface area (Å²) in [6.45, 7) is 5.63. The quantitative estimate of drug-likeness (QED) is 0.508. The minimum absolute atomic E-state index is 0.0321. The number of hydrogen-bond donors (Lipinski definition) is 2. The Morgan fingerprint density at radius 3 is 2.40 bits per heavy atom. The van der Waals surface area contributed by atoms with Crippen molar-refractivity contribution in [3.8, 4) is 0 Å². The second kappa shape index (κ2) is 8.27. The van der Waals surface area contributed by atoms with Gasteiger partial charge in [-0.05, 0) is 31.6 Å². The monoisotopic (exact) mass is 293 g/mol. The van der Waals surface area contributed by atoms with Gasteiger partial charge in [-0.1, -0.05) is 30.3 Å². The first-order valence-corrected chi connectivity index (χ1v) is 6.88. The molecule has 2 N–H and O–H groups in total. The van der Waals surface area contributed by atoms with Crippen molar-refractivity contribution in [1.82, 2.24) is 10.2 Å². The zero-order chi connectivity index (χ0) is 15.0. The van der Waals surface area contributed by atoms with Crippen LogP contribution in [0.2, 0.25) is 0 Å². The molecule has 0 spiro atoms. The average Bonchev–Trinajstić information content (AvgIpc) is 2.40. The number of thiocarbonyl (C=S) groups is 1. The molecule has 108 valence electrons. The van der Waals surface area contributed by atoms with E-state index in [-0.39, 0.29) is 5.11 Å². The van der Waals surface area contributed by atoms with Gasteiger partial charge in [0.25, 0.3) is 0 Å². The third-order valence-electron chi connectivity index (χ3n) is 2.78. The van der Waals surface area contributed by atoms with E-state index in [0.717, 1.165) is 24.5 Å². The molecule has 1 aromatic carbocycles. The van der Waals surface area contributed by atoms with E-state index < -0.39 is 6.09 Å². The van der Waals surface area contributed by atoms with Crippen molar-refractivity contribution >= 4 is 29.3 Å². The molecule has 5 nitrogen and oxygen atoms in total. The van der Waals surface area contributed by atoms with E-state index in [1.165, 1.54) is 0 Å². The number of likely N-dealkylation sites (N-methyl/N-ethyl adjacent to an activating group) is 1. The summed E-state index contributed by atoms with van der Waals surface area (Å²) in [5.41, 5.74) is 1.11. The number of nitrogens with one attached hydrogen (secondary N) is 1. The average molecular weight is 293 g/mol. The molecule has 0 aliphatic carbocycles. The highest BCUT2D eigenvalue weighted by molar-refractivity contribution is 7.80. The Balaban J connectivity index is 2.93. The summed E-state index contributed by atoms with van der Waals surface area (Å²) in [5, 5.41) is 10.7. The van der Waals surface area contributed by atoms with Crippen molar-refractivity contribution in [1.29, 1.82) is 0 Å². The summed E-state index contributed by atoms with van der Waals surface area (Å²) < 4.78 is 0. The first-order valence-electron chi connectivity index (χ1n) is 6.47. The first kappa shape index (κ1) is 16.1. The number of benzene rings is 1. The number of hydrogen-bond acceptors (Lipinski definition) is 2. The Kier molecular flexibility index (Phi) is 6.66. The van der Waals surface area contributed by atoms with Gasteiger partial charge < -0.3 is 10.0 Å². The van der Waals surface area contributed by atoms with Gasteiger partial charge in [0.15, 0.2) is 0 Å². The van der Waals surface area contributed by atoms with Crippen LogP contribution < -0.4 is 5.32 Å². The molecule has 0 heterocycles. The van der Waals surface area contributed by atoms with Crippen LogP contribution in [0.15, 0.2) is 35.3 Å². The molecule has 0 saturated carbocycles. The van der Waals surface area contributed by atoms with Gasteiger partial charge in [-0.2, -0.15) is 0 Å². The fourth-order valence-electron chi connectivity index (χ4n) is 1.83.